The molecule has 0 aliphatic heterocycles. The van der Waals surface area contributed by atoms with Crippen LogP contribution in [-0.2, 0) is 0 Å². The second-order valence-electron chi connectivity index (χ2n) is 3.54. The number of nitrogens with one attached hydrogen (secondary N) is 1. The number of hydrogen-bond donors (Lipinski definition) is 2. The van der Waals surface area contributed by atoms with E-state index < -0.39 is 23.4 Å². The number of carbonyl (C=O) groups is 1. The summed E-state index contributed by atoms with van der Waals surface area (Å²) in [6.45, 7) is 0. The zero-order valence-corrected chi connectivity index (χ0v) is 10.3. The van der Waals surface area contributed by atoms with Gasteiger partial charge in [0, 0.05) is 5.56 Å². The zero-order valence-electron chi connectivity index (χ0n) is 9.50. The third-order valence-corrected chi connectivity index (χ3v) is 2.69. The Balaban J connectivity index is 2.59. The normalized spacial score (nSPS) is 10.5. The molecular weight excluding hydrogens is 282 g/mol. The Morgan fingerprint density at radius 1 is 1.42 bits per heavy atom. The summed E-state index contributed by atoms with van der Waals surface area (Å²) in [4.78, 5) is 10.7. The highest BCUT2D eigenvalue weighted by atomic mass is 35.5. The molecule has 0 unspecified atom stereocenters. The molecule has 1 aromatic heterocycles. The van der Waals surface area contributed by atoms with Crippen molar-refractivity contribution in [1.82, 2.24) is 10.2 Å². The molecule has 2 aromatic rings. The number of methoxy groups -OCH3 is 1. The average Bonchev–Trinajstić information content (AvgIpc) is 2.84. The van der Waals surface area contributed by atoms with Crippen LogP contribution in [0.3, 0.4) is 0 Å². The van der Waals surface area contributed by atoms with Crippen LogP contribution in [0, 0.1) is 11.6 Å². The van der Waals surface area contributed by atoms with E-state index in [1.165, 1.54) is 0 Å². The lowest BCUT2D eigenvalue weighted by Crippen LogP contribution is -1.96. The van der Waals surface area contributed by atoms with Gasteiger partial charge in [-0.1, -0.05) is 11.6 Å². The minimum atomic E-state index is -1.26. The van der Waals surface area contributed by atoms with Crippen LogP contribution in [0.5, 0.6) is 5.75 Å². The fourth-order valence-corrected chi connectivity index (χ4v) is 1.79. The van der Waals surface area contributed by atoms with E-state index in [0.29, 0.717) is 0 Å². The number of H-pyrrole nitrogens is 1. The van der Waals surface area contributed by atoms with Gasteiger partial charge in [-0.3, -0.25) is 5.10 Å². The van der Waals surface area contributed by atoms with E-state index in [1.807, 2.05) is 0 Å². The first-order valence-electron chi connectivity index (χ1n) is 4.96. The lowest BCUT2D eigenvalue weighted by atomic mass is 10.1. The standard InChI is InChI=1S/C11H7ClF2N2O3/c1-19-10-5(12)2-4(8(13)9(10)14)6-3-7(11(17)18)16-15-6/h2-3H,1H3,(H,15,16)(H,17,18). The van der Waals surface area contributed by atoms with Gasteiger partial charge in [-0.25, -0.2) is 9.18 Å². The molecule has 1 aromatic carbocycles. The van der Waals surface area contributed by atoms with E-state index in [0.717, 1.165) is 19.2 Å². The van der Waals surface area contributed by atoms with Crippen LogP contribution in [0.15, 0.2) is 12.1 Å². The second kappa shape index (κ2) is 4.85. The molecular formula is C11H7ClF2N2O3. The molecule has 0 spiro atoms. The Labute approximate surface area is 110 Å². The van der Waals surface area contributed by atoms with Gasteiger partial charge in [0.15, 0.2) is 11.6 Å². The van der Waals surface area contributed by atoms with Crippen LogP contribution in [0.1, 0.15) is 10.5 Å². The number of benzene rings is 1. The minimum absolute atomic E-state index is 0.0710. The molecule has 1 heterocycles. The number of carboxylic acid groups (broad SMARTS) is 1. The highest BCUT2D eigenvalue weighted by molar-refractivity contribution is 6.32. The smallest absolute Gasteiger partial charge is 0.353 e. The van der Waals surface area contributed by atoms with Gasteiger partial charge in [0.05, 0.1) is 17.8 Å². The Hall–Kier alpha value is -2.15. The third-order valence-electron chi connectivity index (χ3n) is 2.40. The zero-order chi connectivity index (χ0) is 14.2. The Bertz CT molecular complexity index is 658. The summed E-state index contributed by atoms with van der Waals surface area (Å²) in [5.41, 5.74) is -0.577. The summed E-state index contributed by atoms with van der Waals surface area (Å²) in [6, 6.07) is 2.18. The molecule has 0 aliphatic carbocycles. The molecule has 0 aliphatic rings. The van der Waals surface area contributed by atoms with Gasteiger partial charge in [-0.05, 0) is 12.1 Å². The molecule has 5 nitrogen and oxygen atoms in total. The van der Waals surface area contributed by atoms with E-state index in [4.69, 9.17) is 16.7 Å². The number of carboxylic acids is 1. The predicted molar refractivity (Wildman–Crippen MR) is 62.5 cm³/mol. The summed E-state index contributed by atoms with van der Waals surface area (Å²) >= 11 is 5.74. The van der Waals surface area contributed by atoms with Crippen LogP contribution in [0.2, 0.25) is 5.02 Å². The minimum Gasteiger partial charge on any atom is -0.492 e. The molecule has 100 valence electrons. The molecule has 0 bridgehead atoms. The van der Waals surface area contributed by atoms with Crippen LogP contribution in [0.4, 0.5) is 8.78 Å². The highest BCUT2D eigenvalue weighted by Gasteiger charge is 2.21. The molecule has 0 amide bonds. The monoisotopic (exact) mass is 288 g/mol. The van der Waals surface area contributed by atoms with Crippen LogP contribution >= 0.6 is 11.6 Å². The SMILES string of the molecule is COc1c(Cl)cc(-c2cc(C(=O)O)[nH]n2)c(F)c1F. The van der Waals surface area contributed by atoms with Crippen LogP contribution in [0.25, 0.3) is 11.3 Å². The molecule has 0 fully saturated rings. The number of ether oxygens (including phenoxy) is 1. The summed E-state index contributed by atoms with van der Waals surface area (Å²) in [5.74, 6) is -4.16. The summed E-state index contributed by atoms with van der Waals surface area (Å²) in [5, 5.41) is 14.4. The third kappa shape index (κ3) is 2.24. The maximum absolute atomic E-state index is 13.8. The summed E-state index contributed by atoms with van der Waals surface area (Å²) in [6.07, 6.45) is 0. The summed E-state index contributed by atoms with van der Waals surface area (Å²) in [7, 11) is 1.15. The lowest BCUT2D eigenvalue weighted by molar-refractivity contribution is 0.0690. The van der Waals surface area contributed by atoms with E-state index in [2.05, 4.69) is 14.9 Å². The van der Waals surface area contributed by atoms with E-state index in [9.17, 15) is 13.6 Å². The van der Waals surface area contributed by atoms with Gasteiger partial charge in [-0.15, -0.1) is 0 Å². The van der Waals surface area contributed by atoms with Crippen molar-refractivity contribution >= 4 is 17.6 Å². The number of aromatic carboxylic acids is 1. The molecule has 0 saturated heterocycles. The fraction of sp³-hybridized carbons (Fsp3) is 0.0909. The first kappa shape index (κ1) is 13.3. The number of aromatic amines is 1. The van der Waals surface area contributed by atoms with Crippen LogP contribution < -0.4 is 4.74 Å². The largest absolute Gasteiger partial charge is 0.492 e. The fourth-order valence-electron chi connectivity index (χ4n) is 1.52. The first-order valence-corrected chi connectivity index (χ1v) is 5.34. The van der Waals surface area contributed by atoms with E-state index in [1.54, 1.807) is 0 Å². The topological polar surface area (TPSA) is 75.2 Å². The van der Waals surface area contributed by atoms with Crippen molar-refractivity contribution in [2.24, 2.45) is 0 Å². The number of hydrogen-bond acceptors (Lipinski definition) is 3. The second-order valence-corrected chi connectivity index (χ2v) is 3.95. The Kier molecular flexibility index (Phi) is 3.39. The molecule has 0 saturated carbocycles. The highest BCUT2D eigenvalue weighted by Crippen LogP contribution is 2.35. The van der Waals surface area contributed by atoms with Gasteiger partial charge in [0.1, 0.15) is 5.69 Å². The maximum Gasteiger partial charge on any atom is 0.353 e. The Morgan fingerprint density at radius 3 is 2.63 bits per heavy atom. The molecule has 0 atom stereocenters. The molecule has 0 radical (unpaired) electrons. The molecule has 19 heavy (non-hydrogen) atoms. The quantitative estimate of drug-likeness (QED) is 0.852. The van der Waals surface area contributed by atoms with E-state index >= 15 is 0 Å². The van der Waals surface area contributed by atoms with Crippen molar-refractivity contribution in [2.45, 2.75) is 0 Å². The van der Waals surface area contributed by atoms with Gasteiger partial charge in [-0.2, -0.15) is 9.49 Å². The van der Waals surface area contributed by atoms with Crippen molar-refractivity contribution in [2.75, 3.05) is 7.11 Å². The van der Waals surface area contributed by atoms with Gasteiger partial charge >= 0.3 is 5.97 Å². The van der Waals surface area contributed by atoms with Gasteiger partial charge in [0.2, 0.25) is 5.82 Å². The number of nitrogens with zero attached hydrogens (tertiary/aromatic N) is 1. The molecule has 2 N–H and O–H groups in total. The van der Waals surface area contributed by atoms with Crippen molar-refractivity contribution < 1.29 is 23.4 Å². The molecule has 8 heteroatoms. The van der Waals surface area contributed by atoms with Crippen molar-refractivity contribution in [1.29, 1.82) is 0 Å². The maximum atomic E-state index is 13.8. The number of rotatable bonds is 3. The average molecular weight is 289 g/mol. The number of aromatic nitrogens is 2. The first-order chi connectivity index (χ1) is 8.95. The van der Waals surface area contributed by atoms with Crippen molar-refractivity contribution in [3.05, 3.63) is 34.5 Å². The van der Waals surface area contributed by atoms with Crippen LogP contribution in [-0.4, -0.2) is 28.4 Å². The van der Waals surface area contributed by atoms with E-state index in [-0.39, 0.29) is 22.0 Å². The predicted octanol–water partition coefficient (Wildman–Crippen LogP) is 2.72. The van der Waals surface area contributed by atoms with Crippen molar-refractivity contribution in [3.63, 3.8) is 0 Å². The van der Waals surface area contributed by atoms with Gasteiger partial charge in [0.25, 0.3) is 0 Å². The van der Waals surface area contributed by atoms with Gasteiger partial charge < -0.3 is 9.84 Å². The molecule has 2 rings (SSSR count). The lowest BCUT2D eigenvalue weighted by Gasteiger charge is -2.08. The number of halogens is 3. The summed E-state index contributed by atoms with van der Waals surface area (Å²) < 4.78 is 32.1. The van der Waals surface area contributed by atoms with Crippen molar-refractivity contribution in [3.8, 4) is 17.0 Å². The Morgan fingerprint density at radius 2 is 2.11 bits per heavy atom.